The highest BCUT2D eigenvalue weighted by Gasteiger charge is 2.42. The molecule has 1 aliphatic heterocycles. The number of benzene rings is 2. The van der Waals surface area contributed by atoms with Crippen LogP contribution in [0.1, 0.15) is 32.0 Å². The van der Waals surface area contributed by atoms with E-state index in [1.165, 1.54) is 0 Å². The molecule has 2 N–H and O–H groups in total. The van der Waals surface area contributed by atoms with Gasteiger partial charge < -0.3 is 14.9 Å². The van der Waals surface area contributed by atoms with Crippen LogP contribution in [0, 0.1) is 11.3 Å². The third-order valence-electron chi connectivity index (χ3n) is 7.34. The van der Waals surface area contributed by atoms with Gasteiger partial charge in [0.1, 0.15) is 11.8 Å². The maximum absolute atomic E-state index is 9.62. The maximum Gasteiger partial charge on any atom is 0.237 e. The molecule has 9 heteroatoms. The Morgan fingerprint density at radius 1 is 1.14 bits per heavy atom. The average Bonchev–Trinajstić information content (AvgIpc) is 2.82. The summed E-state index contributed by atoms with van der Waals surface area (Å²) < 4.78 is 12.1. The van der Waals surface area contributed by atoms with Crippen molar-refractivity contribution < 1.29 is 9.16 Å². The molecule has 4 rings (SSSR count). The summed E-state index contributed by atoms with van der Waals surface area (Å²) in [5.41, 5.74) is 10.3. The van der Waals surface area contributed by atoms with Gasteiger partial charge in [-0.3, -0.25) is 9.88 Å². The van der Waals surface area contributed by atoms with Gasteiger partial charge in [0, 0.05) is 36.3 Å². The van der Waals surface area contributed by atoms with Crippen LogP contribution in [0.15, 0.2) is 42.6 Å². The van der Waals surface area contributed by atoms with Gasteiger partial charge in [-0.2, -0.15) is 5.26 Å². The summed E-state index contributed by atoms with van der Waals surface area (Å²) >= 11 is 6.83. The summed E-state index contributed by atoms with van der Waals surface area (Å²) in [5.74, 6) is 0.467. The van der Waals surface area contributed by atoms with Crippen molar-refractivity contribution in [3.63, 3.8) is 0 Å². The van der Waals surface area contributed by atoms with Crippen LogP contribution in [0.25, 0.3) is 22.4 Å². The largest absolute Gasteiger partial charge is 0.480 e. The highest BCUT2D eigenvalue weighted by molar-refractivity contribution is 6.74. The zero-order valence-corrected chi connectivity index (χ0v) is 24.1. The van der Waals surface area contributed by atoms with Gasteiger partial charge in [-0.1, -0.05) is 62.7 Å². The number of nitriles is 1. The Morgan fingerprint density at radius 2 is 1.78 bits per heavy atom. The first-order valence-corrected chi connectivity index (χ1v) is 15.6. The minimum atomic E-state index is -1.78. The van der Waals surface area contributed by atoms with Gasteiger partial charge in [-0.15, -0.1) is 0 Å². The van der Waals surface area contributed by atoms with Crippen LogP contribution >= 0.6 is 11.6 Å². The summed E-state index contributed by atoms with van der Waals surface area (Å²) in [5, 5.41) is 10.3. The van der Waals surface area contributed by atoms with Crippen molar-refractivity contribution in [1.82, 2.24) is 14.9 Å². The predicted octanol–water partition coefficient (Wildman–Crippen LogP) is 6.13. The van der Waals surface area contributed by atoms with Gasteiger partial charge in [0.05, 0.1) is 41.4 Å². The molecule has 37 heavy (non-hydrogen) atoms. The second kappa shape index (κ2) is 10.4. The summed E-state index contributed by atoms with van der Waals surface area (Å²) in [6.45, 7) is 13.7. The van der Waals surface area contributed by atoms with Gasteiger partial charge in [-0.05, 0) is 24.2 Å². The first kappa shape index (κ1) is 27.1. The molecule has 0 radical (unpaired) electrons. The van der Waals surface area contributed by atoms with Crippen molar-refractivity contribution >= 4 is 25.6 Å². The second-order valence-corrected chi connectivity index (χ2v) is 16.1. The van der Waals surface area contributed by atoms with Crippen LogP contribution in [-0.2, 0) is 11.0 Å². The standard InChI is InChI=1S/C28H34ClN5O2Si/c1-28(2,3)37(5,6)36-18-15-34(16-18)17-25-27(35-4)33-24(14-32-25)21-11-7-10-20(26(21)29)19-9-8-12-23(31)22(19)13-30/h7-12,14,18H,15-17,31H2,1-6H3. The number of nitrogens with two attached hydrogens (primary N) is 1. The van der Waals surface area contributed by atoms with E-state index < -0.39 is 8.32 Å². The minimum Gasteiger partial charge on any atom is -0.480 e. The lowest BCUT2D eigenvalue weighted by atomic mass is 9.96. The van der Waals surface area contributed by atoms with Crippen LogP contribution in [0.3, 0.4) is 0 Å². The number of ether oxygens (including phenoxy) is 1. The topological polar surface area (TPSA) is 97.3 Å². The van der Waals surface area contributed by atoms with Gasteiger partial charge in [0.2, 0.25) is 5.88 Å². The number of nitrogens with zero attached hydrogens (tertiary/aromatic N) is 4. The van der Waals surface area contributed by atoms with Crippen LogP contribution in [0.5, 0.6) is 5.88 Å². The molecule has 2 heterocycles. The van der Waals surface area contributed by atoms with E-state index in [-0.39, 0.29) is 11.1 Å². The second-order valence-electron chi connectivity index (χ2n) is 11.0. The van der Waals surface area contributed by atoms with Crippen LogP contribution in [0.2, 0.25) is 23.2 Å². The minimum absolute atomic E-state index is 0.194. The summed E-state index contributed by atoms with van der Waals surface area (Å²) in [4.78, 5) is 11.7. The first-order chi connectivity index (χ1) is 17.4. The number of halogens is 1. The van der Waals surface area contributed by atoms with Crippen LogP contribution in [-0.4, -0.2) is 49.5 Å². The molecule has 1 aliphatic rings. The lowest BCUT2D eigenvalue weighted by Crippen LogP contribution is -2.57. The summed E-state index contributed by atoms with van der Waals surface area (Å²) in [7, 11) is -0.185. The molecule has 1 saturated heterocycles. The molecule has 2 aromatic carbocycles. The van der Waals surface area contributed by atoms with Gasteiger partial charge >= 0.3 is 0 Å². The summed E-state index contributed by atoms with van der Waals surface area (Å²) in [6.07, 6.45) is 1.97. The van der Waals surface area contributed by atoms with E-state index in [2.05, 4.69) is 49.8 Å². The molecule has 0 saturated carbocycles. The number of likely N-dealkylation sites (tertiary alicyclic amines) is 1. The van der Waals surface area contributed by atoms with Crippen molar-refractivity contribution in [2.45, 2.75) is 51.6 Å². The Bertz CT molecular complexity index is 1340. The molecule has 3 aromatic rings. The Balaban J connectivity index is 1.53. The predicted molar refractivity (Wildman–Crippen MR) is 151 cm³/mol. The number of hydrogen-bond acceptors (Lipinski definition) is 7. The Labute approximate surface area is 225 Å². The van der Waals surface area contributed by atoms with Crippen molar-refractivity contribution in [2.24, 2.45) is 0 Å². The van der Waals surface area contributed by atoms with Crippen molar-refractivity contribution in [1.29, 1.82) is 5.26 Å². The Morgan fingerprint density at radius 3 is 2.43 bits per heavy atom. The zero-order chi connectivity index (χ0) is 27.0. The highest BCUT2D eigenvalue weighted by Crippen LogP contribution is 2.40. The smallest absolute Gasteiger partial charge is 0.237 e. The van der Waals surface area contributed by atoms with E-state index in [4.69, 9.17) is 31.5 Å². The fourth-order valence-corrected chi connectivity index (χ4v) is 5.85. The fraction of sp³-hybridized carbons (Fsp3) is 0.393. The number of aromatic nitrogens is 2. The average molecular weight is 536 g/mol. The van der Waals surface area contributed by atoms with E-state index >= 15 is 0 Å². The molecule has 1 fully saturated rings. The van der Waals surface area contributed by atoms with Crippen molar-refractivity contribution in [3.8, 4) is 34.3 Å². The van der Waals surface area contributed by atoms with Crippen molar-refractivity contribution in [3.05, 3.63) is 58.9 Å². The molecule has 0 amide bonds. The molecule has 0 atom stereocenters. The lowest BCUT2D eigenvalue weighted by molar-refractivity contribution is 0.00441. The third-order valence-corrected chi connectivity index (χ3v) is 12.3. The number of hydrogen-bond donors (Lipinski definition) is 1. The number of anilines is 1. The molecule has 194 valence electrons. The molecular formula is C28H34ClN5O2Si. The Kier molecular flexibility index (Phi) is 7.63. The molecular weight excluding hydrogens is 502 g/mol. The van der Waals surface area contributed by atoms with E-state index in [1.54, 1.807) is 19.4 Å². The number of nitrogen functional groups attached to an aromatic ring is 1. The number of methoxy groups -OCH3 is 1. The molecule has 0 unspecified atom stereocenters. The Hall–Kier alpha value is -2.96. The van der Waals surface area contributed by atoms with E-state index in [0.29, 0.717) is 51.1 Å². The zero-order valence-electron chi connectivity index (χ0n) is 22.3. The molecule has 1 aromatic heterocycles. The van der Waals surface area contributed by atoms with Gasteiger partial charge in [0.25, 0.3) is 0 Å². The fourth-order valence-electron chi connectivity index (χ4n) is 4.19. The van der Waals surface area contributed by atoms with Crippen molar-refractivity contribution in [2.75, 3.05) is 25.9 Å². The summed E-state index contributed by atoms with van der Waals surface area (Å²) in [6, 6.07) is 13.2. The van der Waals surface area contributed by atoms with Crippen LogP contribution in [0.4, 0.5) is 5.69 Å². The van der Waals surface area contributed by atoms with Gasteiger partial charge in [-0.25, -0.2) is 4.98 Å². The lowest BCUT2D eigenvalue weighted by Gasteiger charge is -2.46. The SMILES string of the molecule is COc1nc(-c2cccc(-c3cccc(N)c3C#N)c2Cl)cnc1CN1CC(O[Si](C)(C)C(C)(C)C)C1. The van der Waals surface area contributed by atoms with E-state index in [1.807, 2.05) is 30.3 Å². The highest BCUT2D eigenvalue weighted by atomic mass is 35.5. The molecule has 0 spiro atoms. The molecule has 0 bridgehead atoms. The van der Waals surface area contributed by atoms with E-state index in [9.17, 15) is 5.26 Å². The normalized spacial score (nSPS) is 14.8. The molecule has 7 nitrogen and oxygen atoms in total. The first-order valence-electron chi connectivity index (χ1n) is 12.3. The third kappa shape index (κ3) is 5.50. The monoisotopic (exact) mass is 535 g/mol. The van der Waals surface area contributed by atoms with Crippen LogP contribution < -0.4 is 10.5 Å². The quantitative estimate of drug-likeness (QED) is 0.287. The van der Waals surface area contributed by atoms with E-state index in [0.717, 1.165) is 18.8 Å². The van der Waals surface area contributed by atoms with Gasteiger partial charge in [0.15, 0.2) is 8.32 Å². The molecule has 0 aliphatic carbocycles. The maximum atomic E-state index is 9.62. The number of rotatable bonds is 7.